The van der Waals surface area contributed by atoms with Gasteiger partial charge in [-0.25, -0.2) is 4.39 Å². The first-order valence-corrected chi connectivity index (χ1v) is 5.91. The van der Waals surface area contributed by atoms with Gasteiger partial charge in [0.15, 0.2) is 5.82 Å². The van der Waals surface area contributed by atoms with Gasteiger partial charge in [0.25, 0.3) is 5.69 Å². The summed E-state index contributed by atoms with van der Waals surface area (Å²) in [5.74, 6) is -0.551. The summed E-state index contributed by atoms with van der Waals surface area (Å²) in [5, 5.41) is 10.6. The molecular weight excluding hydrogens is 239 g/mol. The third kappa shape index (κ3) is 2.43. The van der Waals surface area contributed by atoms with E-state index in [2.05, 4.69) is 0 Å². The lowest BCUT2D eigenvalue weighted by atomic mass is 10.1. The molecule has 1 aromatic carbocycles. The number of ether oxygens (including phenoxy) is 1. The van der Waals surface area contributed by atoms with Crippen molar-refractivity contribution in [2.24, 2.45) is 0 Å². The van der Waals surface area contributed by atoms with Crippen LogP contribution in [0.3, 0.4) is 0 Å². The quantitative estimate of drug-likeness (QED) is 0.613. The van der Waals surface area contributed by atoms with Crippen LogP contribution in [0.15, 0.2) is 18.2 Å². The first-order chi connectivity index (χ1) is 8.63. The van der Waals surface area contributed by atoms with Crippen LogP contribution in [0.4, 0.5) is 15.8 Å². The molecular formula is C12H15FN2O3. The van der Waals surface area contributed by atoms with Crippen LogP contribution in [-0.2, 0) is 4.74 Å². The molecule has 2 rings (SSSR count). The number of halogens is 1. The molecule has 18 heavy (non-hydrogen) atoms. The summed E-state index contributed by atoms with van der Waals surface area (Å²) in [7, 11) is 0. The second-order valence-electron chi connectivity index (χ2n) is 4.22. The Bertz CT molecular complexity index is 453. The molecule has 1 saturated heterocycles. The lowest BCUT2D eigenvalue weighted by Crippen LogP contribution is -2.45. The molecule has 6 heteroatoms. The Morgan fingerprint density at radius 3 is 3.00 bits per heavy atom. The van der Waals surface area contributed by atoms with Crippen molar-refractivity contribution in [3.63, 3.8) is 0 Å². The highest BCUT2D eigenvalue weighted by Gasteiger charge is 2.24. The minimum Gasteiger partial charge on any atom is -0.377 e. The molecule has 0 N–H and O–H groups in total. The van der Waals surface area contributed by atoms with E-state index >= 15 is 0 Å². The van der Waals surface area contributed by atoms with Gasteiger partial charge in [0, 0.05) is 12.6 Å². The number of anilines is 1. The highest BCUT2D eigenvalue weighted by atomic mass is 19.1. The smallest absolute Gasteiger partial charge is 0.272 e. The van der Waals surface area contributed by atoms with E-state index < -0.39 is 10.7 Å². The number of nitro benzene ring substituents is 1. The van der Waals surface area contributed by atoms with Crippen molar-refractivity contribution in [3.8, 4) is 0 Å². The zero-order valence-electron chi connectivity index (χ0n) is 10.1. The topological polar surface area (TPSA) is 55.6 Å². The lowest BCUT2D eigenvalue weighted by Gasteiger charge is -2.37. The third-order valence-electron chi connectivity index (χ3n) is 3.15. The number of non-ortho nitro benzene ring substituents is 1. The van der Waals surface area contributed by atoms with Gasteiger partial charge in [-0.3, -0.25) is 10.1 Å². The first kappa shape index (κ1) is 12.8. The monoisotopic (exact) mass is 254 g/mol. The van der Waals surface area contributed by atoms with Crippen LogP contribution in [0.1, 0.15) is 13.3 Å². The summed E-state index contributed by atoms with van der Waals surface area (Å²) in [4.78, 5) is 11.9. The number of hydrogen-bond donors (Lipinski definition) is 0. The van der Waals surface area contributed by atoms with Crippen LogP contribution in [0, 0.1) is 15.9 Å². The van der Waals surface area contributed by atoms with E-state index in [-0.39, 0.29) is 11.7 Å². The Labute approximate surface area is 104 Å². The van der Waals surface area contributed by atoms with Gasteiger partial charge in [-0.1, -0.05) is 6.92 Å². The van der Waals surface area contributed by atoms with Crippen molar-refractivity contribution in [3.05, 3.63) is 34.1 Å². The van der Waals surface area contributed by atoms with E-state index in [1.165, 1.54) is 12.1 Å². The van der Waals surface area contributed by atoms with Gasteiger partial charge in [-0.05, 0) is 12.5 Å². The number of rotatable bonds is 3. The number of hydrogen-bond acceptors (Lipinski definition) is 4. The maximum absolute atomic E-state index is 13.9. The molecule has 0 amide bonds. The van der Waals surface area contributed by atoms with Crippen molar-refractivity contribution in [1.82, 2.24) is 0 Å². The fourth-order valence-electron chi connectivity index (χ4n) is 2.15. The van der Waals surface area contributed by atoms with E-state index in [1.807, 2.05) is 11.8 Å². The Balaban J connectivity index is 2.29. The molecule has 1 aromatic rings. The predicted molar refractivity (Wildman–Crippen MR) is 65.3 cm³/mol. The van der Waals surface area contributed by atoms with E-state index in [9.17, 15) is 14.5 Å². The Morgan fingerprint density at radius 2 is 2.39 bits per heavy atom. The average Bonchev–Trinajstić information content (AvgIpc) is 2.38. The van der Waals surface area contributed by atoms with Crippen molar-refractivity contribution >= 4 is 11.4 Å². The molecule has 1 aliphatic rings. The van der Waals surface area contributed by atoms with Crippen molar-refractivity contribution in [1.29, 1.82) is 0 Å². The van der Waals surface area contributed by atoms with Crippen molar-refractivity contribution in [2.45, 2.75) is 19.4 Å². The Hall–Kier alpha value is -1.69. The summed E-state index contributed by atoms with van der Waals surface area (Å²) in [6.45, 7) is 3.72. The minimum atomic E-state index is -0.594. The maximum Gasteiger partial charge on any atom is 0.272 e. The Kier molecular flexibility index (Phi) is 3.76. The normalized spacial score (nSPS) is 19.9. The largest absolute Gasteiger partial charge is 0.377 e. The zero-order valence-corrected chi connectivity index (χ0v) is 10.1. The van der Waals surface area contributed by atoms with Crippen LogP contribution >= 0.6 is 0 Å². The molecule has 0 aromatic heterocycles. The molecule has 0 aliphatic carbocycles. The van der Waals surface area contributed by atoms with Crippen molar-refractivity contribution in [2.75, 3.05) is 24.7 Å². The molecule has 98 valence electrons. The van der Waals surface area contributed by atoms with Gasteiger partial charge in [0.1, 0.15) is 0 Å². The zero-order chi connectivity index (χ0) is 13.1. The molecule has 1 fully saturated rings. The van der Waals surface area contributed by atoms with E-state index in [0.717, 1.165) is 12.5 Å². The molecule has 1 unspecified atom stereocenters. The summed E-state index contributed by atoms with van der Waals surface area (Å²) in [6, 6.07) is 3.90. The van der Waals surface area contributed by atoms with Crippen molar-refractivity contribution < 1.29 is 14.1 Å². The number of morpholine rings is 1. The Morgan fingerprint density at radius 1 is 1.61 bits per heavy atom. The molecule has 1 atom stereocenters. The average molecular weight is 254 g/mol. The minimum absolute atomic E-state index is 0.120. The van der Waals surface area contributed by atoms with E-state index in [4.69, 9.17) is 4.74 Å². The van der Waals surface area contributed by atoms with Crippen LogP contribution in [0.5, 0.6) is 0 Å². The van der Waals surface area contributed by atoms with Gasteiger partial charge in [-0.2, -0.15) is 0 Å². The van der Waals surface area contributed by atoms with Gasteiger partial charge >= 0.3 is 0 Å². The molecule has 0 radical (unpaired) electrons. The van der Waals surface area contributed by atoms with E-state index in [0.29, 0.717) is 25.4 Å². The van der Waals surface area contributed by atoms with Gasteiger partial charge in [0.05, 0.1) is 35.9 Å². The molecule has 1 heterocycles. The third-order valence-corrected chi connectivity index (χ3v) is 3.15. The number of benzene rings is 1. The van der Waals surface area contributed by atoms with E-state index in [1.54, 1.807) is 0 Å². The highest BCUT2D eigenvalue weighted by Crippen LogP contribution is 2.27. The van der Waals surface area contributed by atoms with Gasteiger partial charge in [-0.15, -0.1) is 0 Å². The lowest BCUT2D eigenvalue weighted by molar-refractivity contribution is -0.385. The van der Waals surface area contributed by atoms with Crippen LogP contribution in [0.2, 0.25) is 0 Å². The maximum atomic E-state index is 13.9. The molecule has 5 nitrogen and oxygen atoms in total. The van der Waals surface area contributed by atoms with Gasteiger partial charge < -0.3 is 9.64 Å². The summed E-state index contributed by atoms with van der Waals surface area (Å²) >= 11 is 0. The standard InChI is InChI=1S/C12H15FN2O3/c1-2-9-8-18-6-5-14(9)12-4-3-10(15(16)17)7-11(12)13/h3-4,7,9H,2,5-6,8H2,1H3. The fraction of sp³-hybridized carbons (Fsp3) is 0.500. The molecule has 1 aliphatic heterocycles. The SMILES string of the molecule is CCC1COCCN1c1ccc([N+](=O)[O-])cc1F. The van der Waals surface area contributed by atoms with Crippen LogP contribution < -0.4 is 4.90 Å². The fourth-order valence-corrected chi connectivity index (χ4v) is 2.15. The van der Waals surface area contributed by atoms with Gasteiger partial charge in [0.2, 0.25) is 0 Å². The second kappa shape index (κ2) is 5.30. The predicted octanol–water partition coefficient (Wildman–Crippen LogP) is 2.35. The molecule has 0 spiro atoms. The number of nitro groups is 1. The number of nitrogens with zero attached hydrogens (tertiary/aromatic N) is 2. The molecule has 0 bridgehead atoms. The summed E-state index contributed by atoms with van der Waals surface area (Å²) < 4.78 is 19.3. The van der Waals surface area contributed by atoms with Crippen LogP contribution in [0.25, 0.3) is 0 Å². The summed E-state index contributed by atoms with van der Waals surface area (Å²) in [6.07, 6.45) is 0.844. The van der Waals surface area contributed by atoms with Crippen LogP contribution in [-0.4, -0.2) is 30.7 Å². The highest BCUT2D eigenvalue weighted by molar-refractivity contribution is 5.53. The second-order valence-corrected chi connectivity index (χ2v) is 4.22. The molecule has 0 saturated carbocycles. The summed E-state index contributed by atoms with van der Waals surface area (Å²) in [5.41, 5.74) is 0.188. The first-order valence-electron chi connectivity index (χ1n) is 5.91.